The van der Waals surface area contributed by atoms with E-state index in [2.05, 4.69) is 58.9 Å². The molecule has 2 heterocycles. The van der Waals surface area contributed by atoms with Crippen LogP contribution in [0.3, 0.4) is 0 Å². The maximum absolute atomic E-state index is 12.1. The minimum atomic E-state index is 0.0571. The van der Waals surface area contributed by atoms with E-state index in [1.54, 1.807) is 7.11 Å². The van der Waals surface area contributed by atoms with Crippen LogP contribution in [-0.4, -0.2) is 55.7 Å². The first kappa shape index (κ1) is 21.3. The molecule has 1 aliphatic heterocycles. The Morgan fingerprint density at radius 2 is 2.00 bits per heavy atom. The van der Waals surface area contributed by atoms with Crippen molar-refractivity contribution in [3.8, 4) is 0 Å². The molecule has 0 bridgehead atoms. The van der Waals surface area contributed by atoms with E-state index in [0.29, 0.717) is 25.6 Å². The third-order valence-corrected chi connectivity index (χ3v) is 5.23. The first-order chi connectivity index (χ1) is 14.0. The Morgan fingerprint density at radius 1 is 1.21 bits per heavy atom. The number of carbonyl (C=O) groups is 1. The number of amides is 1. The number of aromatic nitrogens is 1. The van der Waals surface area contributed by atoms with Crippen LogP contribution in [0.1, 0.15) is 35.7 Å². The summed E-state index contributed by atoms with van der Waals surface area (Å²) in [5.41, 5.74) is 5.49. The quantitative estimate of drug-likeness (QED) is 0.670. The van der Waals surface area contributed by atoms with Crippen LogP contribution in [0.25, 0.3) is 0 Å². The Bertz CT molecular complexity index is 807. The fraction of sp³-hybridized carbons (Fsp3) is 0.478. The lowest BCUT2D eigenvalue weighted by atomic mass is 9.93. The van der Waals surface area contributed by atoms with Gasteiger partial charge in [-0.3, -0.25) is 14.7 Å². The van der Waals surface area contributed by atoms with E-state index in [0.717, 1.165) is 48.7 Å². The normalized spacial score (nSPS) is 17.1. The summed E-state index contributed by atoms with van der Waals surface area (Å²) in [6.07, 6.45) is 2.18. The molecule has 0 radical (unpaired) electrons. The Labute approximate surface area is 173 Å². The molecule has 3 rings (SSSR count). The molecule has 1 aromatic heterocycles. The number of ether oxygens (including phenoxy) is 1. The lowest BCUT2D eigenvalue weighted by Crippen LogP contribution is -2.42. The van der Waals surface area contributed by atoms with Gasteiger partial charge in [0.1, 0.15) is 0 Å². The average molecular weight is 397 g/mol. The molecule has 1 fully saturated rings. The smallest absolute Gasteiger partial charge is 0.234 e. The highest BCUT2D eigenvalue weighted by Crippen LogP contribution is 2.28. The molecule has 0 spiro atoms. The number of rotatable bonds is 8. The fourth-order valence-corrected chi connectivity index (χ4v) is 3.77. The first-order valence-electron chi connectivity index (χ1n) is 10.3. The van der Waals surface area contributed by atoms with E-state index < -0.39 is 0 Å². The van der Waals surface area contributed by atoms with Crippen LogP contribution in [0.15, 0.2) is 36.4 Å². The molecule has 6 nitrogen and oxygen atoms in total. The predicted octanol–water partition coefficient (Wildman–Crippen LogP) is 3.38. The Balaban J connectivity index is 1.63. The second kappa shape index (κ2) is 10.4. The molecule has 0 unspecified atom stereocenters. The standard InChI is InChI=1S/C23H32N4O2/c1-17-6-8-20(9-7-17)26-21-13-18(2)25-22(14-21)19-5-4-11-27(15-19)16-23(28)24-10-12-29-3/h6-9,13-14,19H,4-5,10-12,15-16H2,1-3H3,(H,24,28)(H,25,26)/t19-/m0/s1. The number of aryl methyl sites for hydroxylation is 2. The number of hydrogen-bond donors (Lipinski definition) is 2. The largest absolute Gasteiger partial charge is 0.383 e. The topological polar surface area (TPSA) is 66.5 Å². The summed E-state index contributed by atoms with van der Waals surface area (Å²) in [6, 6.07) is 12.6. The van der Waals surface area contributed by atoms with Gasteiger partial charge in [-0.25, -0.2) is 0 Å². The molecule has 1 saturated heterocycles. The summed E-state index contributed by atoms with van der Waals surface area (Å²) in [5, 5.41) is 6.40. The molecule has 6 heteroatoms. The number of nitrogens with zero attached hydrogens (tertiary/aromatic N) is 2. The summed E-state index contributed by atoms with van der Waals surface area (Å²) in [4.78, 5) is 19.2. The third-order valence-electron chi connectivity index (χ3n) is 5.23. The molecule has 0 aliphatic carbocycles. The van der Waals surface area contributed by atoms with E-state index in [-0.39, 0.29) is 5.91 Å². The number of anilines is 2. The van der Waals surface area contributed by atoms with Gasteiger partial charge in [0.15, 0.2) is 0 Å². The highest BCUT2D eigenvalue weighted by atomic mass is 16.5. The Hall–Kier alpha value is -2.44. The Morgan fingerprint density at radius 3 is 2.76 bits per heavy atom. The van der Waals surface area contributed by atoms with Gasteiger partial charge < -0.3 is 15.4 Å². The average Bonchev–Trinajstić information content (AvgIpc) is 2.70. The van der Waals surface area contributed by atoms with Gasteiger partial charge in [0.05, 0.1) is 13.2 Å². The van der Waals surface area contributed by atoms with Crippen molar-refractivity contribution in [2.45, 2.75) is 32.6 Å². The SMILES string of the molecule is COCCNC(=O)CN1CCC[C@H](c2cc(Nc3ccc(C)cc3)cc(C)n2)C1. The zero-order valence-electron chi connectivity index (χ0n) is 17.7. The number of methoxy groups -OCH3 is 1. The van der Waals surface area contributed by atoms with E-state index >= 15 is 0 Å². The van der Waals surface area contributed by atoms with Gasteiger partial charge in [0.25, 0.3) is 0 Å². The summed E-state index contributed by atoms with van der Waals surface area (Å²) in [5.74, 6) is 0.399. The lowest BCUT2D eigenvalue weighted by molar-refractivity contribution is -0.122. The third kappa shape index (κ3) is 6.54. The zero-order chi connectivity index (χ0) is 20.6. The highest BCUT2D eigenvalue weighted by molar-refractivity contribution is 5.78. The molecule has 1 aromatic carbocycles. The summed E-state index contributed by atoms with van der Waals surface area (Å²) in [6.45, 7) is 7.46. The van der Waals surface area contributed by atoms with Gasteiger partial charge in [0.2, 0.25) is 5.91 Å². The molecule has 1 amide bonds. The highest BCUT2D eigenvalue weighted by Gasteiger charge is 2.24. The van der Waals surface area contributed by atoms with Crippen LogP contribution in [0.2, 0.25) is 0 Å². The fourth-order valence-electron chi connectivity index (χ4n) is 3.77. The number of nitrogens with one attached hydrogen (secondary N) is 2. The van der Waals surface area contributed by atoms with Crippen molar-refractivity contribution in [2.75, 3.05) is 45.2 Å². The van der Waals surface area contributed by atoms with Crippen molar-refractivity contribution in [2.24, 2.45) is 0 Å². The molecular formula is C23H32N4O2. The first-order valence-corrected chi connectivity index (χ1v) is 10.3. The van der Waals surface area contributed by atoms with Crippen molar-refractivity contribution in [1.82, 2.24) is 15.2 Å². The van der Waals surface area contributed by atoms with Gasteiger partial charge in [-0.1, -0.05) is 17.7 Å². The van der Waals surface area contributed by atoms with Crippen molar-refractivity contribution in [3.05, 3.63) is 53.3 Å². The number of hydrogen-bond acceptors (Lipinski definition) is 5. The number of carbonyl (C=O) groups excluding carboxylic acids is 1. The van der Waals surface area contributed by atoms with Gasteiger partial charge in [0, 0.05) is 48.9 Å². The van der Waals surface area contributed by atoms with Crippen LogP contribution in [-0.2, 0) is 9.53 Å². The second-order valence-corrected chi connectivity index (χ2v) is 7.83. The van der Waals surface area contributed by atoms with Gasteiger partial charge in [-0.15, -0.1) is 0 Å². The molecular weight excluding hydrogens is 364 g/mol. The minimum absolute atomic E-state index is 0.0571. The monoisotopic (exact) mass is 396 g/mol. The van der Waals surface area contributed by atoms with E-state index in [1.165, 1.54) is 5.56 Å². The van der Waals surface area contributed by atoms with E-state index in [1.807, 2.05) is 6.92 Å². The predicted molar refractivity (Wildman–Crippen MR) is 117 cm³/mol. The van der Waals surface area contributed by atoms with Gasteiger partial charge in [-0.05, 0) is 57.5 Å². The molecule has 1 aliphatic rings. The Kier molecular flexibility index (Phi) is 7.61. The number of likely N-dealkylation sites (tertiary alicyclic amines) is 1. The maximum Gasteiger partial charge on any atom is 0.234 e. The number of pyridine rings is 1. The minimum Gasteiger partial charge on any atom is -0.383 e. The molecule has 2 aromatic rings. The van der Waals surface area contributed by atoms with Gasteiger partial charge >= 0.3 is 0 Å². The number of benzene rings is 1. The molecule has 2 N–H and O–H groups in total. The molecule has 0 saturated carbocycles. The second-order valence-electron chi connectivity index (χ2n) is 7.83. The van der Waals surface area contributed by atoms with Crippen LogP contribution in [0, 0.1) is 13.8 Å². The van der Waals surface area contributed by atoms with Crippen LogP contribution < -0.4 is 10.6 Å². The van der Waals surface area contributed by atoms with Crippen LogP contribution >= 0.6 is 0 Å². The lowest BCUT2D eigenvalue weighted by Gasteiger charge is -2.32. The van der Waals surface area contributed by atoms with E-state index in [9.17, 15) is 4.79 Å². The van der Waals surface area contributed by atoms with Crippen molar-refractivity contribution in [3.63, 3.8) is 0 Å². The molecule has 156 valence electrons. The van der Waals surface area contributed by atoms with Crippen LogP contribution in [0.5, 0.6) is 0 Å². The van der Waals surface area contributed by atoms with Crippen LogP contribution in [0.4, 0.5) is 11.4 Å². The summed E-state index contributed by atoms with van der Waals surface area (Å²) in [7, 11) is 1.64. The van der Waals surface area contributed by atoms with Gasteiger partial charge in [-0.2, -0.15) is 0 Å². The summed E-state index contributed by atoms with van der Waals surface area (Å²) >= 11 is 0. The van der Waals surface area contributed by atoms with Crippen molar-refractivity contribution in [1.29, 1.82) is 0 Å². The van der Waals surface area contributed by atoms with E-state index in [4.69, 9.17) is 9.72 Å². The van der Waals surface area contributed by atoms with Crippen molar-refractivity contribution < 1.29 is 9.53 Å². The zero-order valence-corrected chi connectivity index (χ0v) is 17.7. The maximum atomic E-state index is 12.1. The molecule has 1 atom stereocenters. The molecule has 29 heavy (non-hydrogen) atoms. The van der Waals surface area contributed by atoms with Crippen molar-refractivity contribution >= 4 is 17.3 Å². The number of piperidine rings is 1. The summed E-state index contributed by atoms with van der Waals surface area (Å²) < 4.78 is 4.99.